The Kier molecular flexibility index (Phi) is 14.5. The van der Waals surface area contributed by atoms with Crippen molar-refractivity contribution in [3.05, 3.63) is 101 Å². The molecule has 0 spiro atoms. The molecular formula is C31H42N2O3S. The SMILES string of the molecule is CC.CCCc1ccccc1.Cc1ccc(S(=O)NCc2ccc(C(=O)NC3CCOCC3)cc2)cc1. The van der Waals surface area contributed by atoms with E-state index in [-0.39, 0.29) is 11.9 Å². The molecule has 0 aliphatic carbocycles. The fourth-order valence-electron chi connectivity index (χ4n) is 3.71. The lowest BCUT2D eigenvalue weighted by molar-refractivity contribution is 0.0696. The smallest absolute Gasteiger partial charge is 0.251 e. The summed E-state index contributed by atoms with van der Waals surface area (Å²) in [4.78, 5) is 13.0. The lowest BCUT2D eigenvalue weighted by Gasteiger charge is -2.23. The van der Waals surface area contributed by atoms with Crippen molar-refractivity contribution in [2.24, 2.45) is 0 Å². The molecule has 0 aromatic heterocycles. The van der Waals surface area contributed by atoms with Gasteiger partial charge < -0.3 is 10.1 Å². The van der Waals surface area contributed by atoms with Crippen molar-refractivity contribution in [1.29, 1.82) is 0 Å². The summed E-state index contributed by atoms with van der Waals surface area (Å²) in [6.45, 7) is 10.1. The molecule has 4 rings (SSSR count). The molecule has 2 N–H and O–H groups in total. The summed E-state index contributed by atoms with van der Waals surface area (Å²) in [7, 11) is -1.25. The van der Waals surface area contributed by atoms with Crippen LogP contribution in [0.4, 0.5) is 0 Å². The van der Waals surface area contributed by atoms with Crippen LogP contribution in [0.25, 0.3) is 0 Å². The van der Waals surface area contributed by atoms with Gasteiger partial charge in [-0.05, 0) is 61.6 Å². The highest BCUT2D eigenvalue weighted by Crippen LogP contribution is 2.11. The first-order valence-corrected chi connectivity index (χ1v) is 14.4. The number of ether oxygens (including phenoxy) is 1. The number of nitrogens with one attached hydrogen (secondary N) is 2. The first-order valence-electron chi connectivity index (χ1n) is 13.3. The van der Waals surface area contributed by atoms with Crippen LogP contribution in [0.1, 0.15) is 67.1 Å². The summed E-state index contributed by atoms with van der Waals surface area (Å²) in [5, 5.41) is 3.05. The van der Waals surface area contributed by atoms with Crippen LogP contribution in [-0.2, 0) is 28.7 Å². The fraction of sp³-hybridized carbons (Fsp3) is 0.387. The molecule has 0 bridgehead atoms. The first-order chi connectivity index (χ1) is 18.0. The summed E-state index contributed by atoms with van der Waals surface area (Å²) in [5.41, 5.74) is 4.20. The lowest BCUT2D eigenvalue weighted by Crippen LogP contribution is -2.38. The highest BCUT2D eigenvalue weighted by molar-refractivity contribution is 7.83. The van der Waals surface area contributed by atoms with Crippen LogP contribution >= 0.6 is 0 Å². The van der Waals surface area contributed by atoms with E-state index in [0.717, 1.165) is 28.9 Å². The molecule has 200 valence electrons. The van der Waals surface area contributed by atoms with Gasteiger partial charge in [-0.25, -0.2) is 8.93 Å². The second-order valence-corrected chi connectivity index (χ2v) is 9.99. The fourth-order valence-corrected chi connectivity index (χ4v) is 4.56. The van der Waals surface area contributed by atoms with Crippen molar-refractivity contribution >= 4 is 16.9 Å². The van der Waals surface area contributed by atoms with Gasteiger partial charge in [-0.3, -0.25) is 4.79 Å². The van der Waals surface area contributed by atoms with Crippen molar-refractivity contribution < 1.29 is 13.7 Å². The molecule has 0 saturated carbocycles. The van der Waals surface area contributed by atoms with Crippen LogP contribution in [0.15, 0.2) is 83.8 Å². The largest absolute Gasteiger partial charge is 0.381 e. The third-order valence-electron chi connectivity index (χ3n) is 5.80. The quantitative estimate of drug-likeness (QED) is 0.361. The van der Waals surface area contributed by atoms with Crippen LogP contribution in [0.3, 0.4) is 0 Å². The Balaban J connectivity index is 0.000000367. The van der Waals surface area contributed by atoms with E-state index in [1.54, 1.807) is 12.1 Å². The zero-order valence-electron chi connectivity index (χ0n) is 22.7. The van der Waals surface area contributed by atoms with Gasteiger partial charge in [0.15, 0.2) is 0 Å². The molecule has 1 fully saturated rings. The molecule has 1 unspecified atom stereocenters. The van der Waals surface area contributed by atoms with Crippen LogP contribution in [0.5, 0.6) is 0 Å². The van der Waals surface area contributed by atoms with Crippen molar-refractivity contribution in [2.45, 2.75) is 70.9 Å². The van der Waals surface area contributed by atoms with Crippen molar-refractivity contribution in [3.63, 3.8) is 0 Å². The minimum absolute atomic E-state index is 0.0559. The standard InChI is InChI=1S/C20H24N2O3S.C9H12.C2H6/c1-15-2-8-19(9-3-15)26(24)21-14-16-4-6-17(7-5-16)20(23)22-18-10-12-25-13-11-18;1-2-6-9-7-4-3-5-8-9;1-2/h2-9,18,21H,10-14H2,1H3,(H,22,23);3-5,7-8H,2,6H2,1H3;1-2H3. The number of hydrogen-bond donors (Lipinski definition) is 2. The number of benzene rings is 3. The number of amides is 1. The van der Waals surface area contributed by atoms with Gasteiger partial charge in [-0.2, -0.15) is 0 Å². The molecule has 3 aromatic carbocycles. The van der Waals surface area contributed by atoms with Crippen molar-refractivity contribution in [3.8, 4) is 0 Å². The van der Waals surface area contributed by atoms with Gasteiger partial charge in [0.05, 0.1) is 4.90 Å². The summed E-state index contributed by atoms with van der Waals surface area (Å²) in [6.07, 6.45) is 4.17. The van der Waals surface area contributed by atoms with Gasteiger partial charge in [-0.1, -0.05) is 87.4 Å². The Bertz CT molecular complexity index is 1050. The van der Waals surface area contributed by atoms with Gasteiger partial charge in [0, 0.05) is 31.4 Å². The molecule has 1 aliphatic heterocycles. The number of hydrogen-bond acceptors (Lipinski definition) is 3. The van der Waals surface area contributed by atoms with Gasteiger partial charge in [0.2, 0.25) is 0 Å². The van der Waals surface area contributed by atoms with Gasteiger partial charge in [-0.15, -0.1) is 0 Å². The van der Waals surface area contributed by atoms with E-state index in [1.807, 2.05) is 57.2 Å². The molecule has 1 atom stereocenters. The molecule has 37 heavy (non-hydrogen) atoms. The number of aryl methyl sites for hydroxylation is 2. The van der Waals surface area contributed by atoms with Crippen LogP contribution in [0, 0.1) is 6.92 Å². The maximum atomic E-state index is 12.3. The monoisotopic (exact) mass is 522 g/mol. The predicted octanol–water partition coefficient (Wildman–Crippen LogP) is 6.38. The minimum atomic E-state index is -1.25. The van der Waals surface area contributed by atoms with E-state index in [2.05, 4.69) is 47.3 Å². The maximum Gasteiger partial charge on any atom is 0.251 e. The second kappa shape index (κ2) is 17.6. The normalized spacial score (nSPS) is 13.8. The number of carbonyl (C=O) groups excluding carboxylic acids is 1. The van der Waals surface area contributed by atoms with E-state index in [9.17, 15) is 9.00 Å². The van der Waals surface area contributed by atoms with E-state index >= 15 is 0 Å². The zero-order valence-corrected chi connectivity index (χ0v) is 23.5. The molecule has 1 saturated heterocycles. The molecule has 3 aromatic rings. The topological polar surface area (TPSA) is 67.4 Å². The van der Waals surface area contributed by atoms with Gasteiger partial charge >= 0.3 is 0 Å². The summed E-state index contributed by atoms with van der Waals surface area (Å²) in [6, 6.07) is 25.8. The lowest BCUT2D eigenvalue weighted by atomic mass is 10.1. The van der Waals surface area contributed by atoms with E-state index in [1.165, 1.54) is 18.4 Å². The summed E-state index contributed by atoms with van der Waals surface area (Å²) < 4.78 is 20.6. The Morgan fingerprint density at radius 1 is 0.892 bits per heavy atom. The Morgan fingerprint density at radius 2 is 1.51 bits per heavy atom. The first kappa shape index (κ1) is 30.4. The van der Waals surface area contributed by atoms with Crippen LogP contribution in [0.2, 0.25) is 0 Å². The van der Waals surface area contributed by atoms with E-state index in [0.29, 0.717) is 25.3 Å². The summed E-state index contributed by atoms with van der Waals surface area (Å²) in [5.74, 6) is -0.0559. The molecular weight excluding hydrogens is 480 g/mol. The molecule has 6 heteroatoms. The average Bonchev–Trinajstić information content (AvgIpc) is 2.95. The molecule has 1 amide bonds. The highest BCUT2D eigenvalue weighted by atomic mass is 32.2. The highest BCUT2D eigenvalue weighted by Gasteiger charge is 2.16. The van der Waals surface area contributed by atoms with Crippen molar-refractivity contribution in [1.82, 2.24) is 10.0 Å². The number of carbonyl (C=O) groups is 1. The predicted molar refractivity (Wildman–Crippen MR) is 154 cm³/mol. The molecule has 0 radical (unpaired) electrons. The Morgan fingerprint density at radius 3 is 2.11 bits per heavy atom. The minimum Gasteiger partial charge on any atom is -0.381 e. The van der Waals surface area contributed by atoms with Crippen molar-refractivity contribution in [2.75, 3.05) is 13.2 Å². The second-order valence-electron chi connectivity index (χ2n) is 8.70. The zero-order chi connectivity index (χ0) is 26.9. The maximum absolute atomic E-state index is 12.3. The number of rotatable bonds is 8. The van der Waals surface area contributed by atoms with E-state index in [4.69, 9.17) is 4.74 Å². The average molecular weight is 523 g/mol. The van der Waals surface area contributed by atoms with Crippen LogP contribution < -0.4 is 10.0 Å². The van der Waals surface area contributed by atoms with Crippen LogP contribution in [-0.4, -0.2) is 29.4 Å². The van der Waals surface area contributed by atoms with E-state index < -0.39 is 11.0 Å². The van der Waals surface area contributed by atoms with Gasteiger partial charge in [0.25, 0.3) is 5.91 Å². The third-order valence-corrected chi connectivity index (χ3v) is 6.90. The summed E-state index contributed by atoms with van der Waals surface area (Å²) >= 11 is 0. The third kappa shape index (κ3) is 11.4. The molecule has 1 heterocycles. The van der Waals surface area contributed by atoms with Gasteiger partial charge in [0.1, 0.15) is 11.0 Å². The Hall–Kier alpha value is -2.80. The molecule has 1 aliphatic rings. The molecule has 5 nitrogen and oxygen atoms in total. The Labute approximate surface area is 225 Å².